The van der Waals surface area contributed by atoms with Gasteiger partial charge in [-0.3, -0.25) is 9.56 Å². The predicted molar refractivity (Wildman–Crippen MR) is 117 cm³/mol. The van der Waals surface area contributed by atoms with Gasteiger partial charge in [-0.05, 0) is 30.3 Å². The minimum Gasteiger partial charge on any atom is -0.508 e. The second-order valence-electron chi connectivity index (χ2n) is 6.47. The average molecular weight is 419 g/mol. The molecule has 7 nitrogen and oxygen atoms in total. The first-order chi connectivity index (χ1) is 14.5. The first-order valence-corrected chi connectivity index (χ1v) is 9.79. The number of hydrogen-bond donors (Lipinski definition) is 3. The average Bonchev–Trinajstić information content (AvgIpc) is 3.26. The Morgan fingerprint density at radius 3 is 2.80 bits per heavy atom. The Morgan fingerprint density at radius 1 is 1.23 bits per heavy atom. The molecule has 1 aliphatic rings. The summed E-state index contributed by atoms with van der Waals surface area (Å²) in [6, 6.07) is 11.6. The van der Waals surface area contributed by atoms with Crippen LogP contribution in [0.4, 0.5) is 11.4 Å². The van der Waals surface area contributed by atoms with E-state index < -0.39 is 5.97 Å². The standard InChI is InChI=1S/C22H17N3O4S/c1-2-9-25-20(27)19(10-13-12-23-17-6-4-3-5-15(13)17)30-22(25)24-18-8-7-14(26)11-16(18)21(28)29/h2-8,10-12,26-27H,1,9H2,(H,28,29)/b13-10+,24-22?. The van der Waals surface area contributed by atoms with Gasteiger partial charge >= 0.3 is 5.97 Å². The molecule has 0 atom stereocenters. The number of hydrogen-bond acceptors (Lipinski definition) is 6. The molecule has 30 heavy (non-hydrogen) atoms. The number of phenols is 1. The van der Waals surface area contributed by atoms with Crippen LogP contribution in [0.25, 0.3) is 11.6 Å². The Balaban J connectivity index is 1.87. The van der Waals surface area contributed by atoms with Gasteiger partial charge < -0.3 is 15.3 Å². The molecular weight excluding hydrogens is 402 g/mol. The quantitative estimate of drug-likeness (QED) is 0.535. The lowest BCUT2D eigenvalue weighted by molar-refractivity contribution is 0.0697. The molecule has 1 aliphatic heterocycles. The Hall–Kier alpha value is -3.91. The van der Waals surface area contributed by atoms with Crippen LogP contribution < -0.4 is 4.80 Å². The molecule has 3 N–H and O–H groups in total. The fourth-order valence-corrected chi connectivity index (χ4v) is 4.08. The Bertz CT molecular complexity index is 1300. The summed E-state index contributed by atoms with van der Waals surface area (Å²) in [6.45, 7) is 4.00. The fraction of sp³-hybridized carbons (Fsp3) is 0.0455. The van der Waals surface area contributed by atoms with Crippen molar-refractivity contribution in [3.63, 3.8) is 0 Å². The molecule has 150 valence electrons. The number of carbonyl (C=O) groups is 1. The lowest BCUT2D eigenvalue weighted by atomic mass is 10.1. The molecule has 0 fully saturated rings. The molecule has 2 heterocycles. The van der Waals surface area contributed by atoms with Gasteiger partial charge in [-0.25, -0.2) is 9.79 Å². The van der Waals surface area contributed by atoms with Crippen molar-refractivity contribution in [1.29, 1.82) is 0 Å². The van der Waals surface area contributed by atoms with E-state index in [1.54, 1.807) is 16.9 Å². The molecule has 0 amide bonds. The number of fused-ring (bicyclic) bond motifs is 1. The van der Waals surface area contributed by atoms with Gasteiger partial charge in [0.05, 0.1) is 21.8 Å². The van der Waals surface area contributed by atoms with Gasteiger partial charge in [-0.15, -0.1) is 6.58 Å². The van der Waals surface area contributed by atoms with E-state index in [2.05, 4.69) is 16.6 Å². The van der Waals surface area contributed by atoms with Crippen LogP contribution in [0.2, 0.25) is 0 Å². The van der Waals surface area contributed by atoms with E-state index in [1.807, 2.05) is 30.3 Å². The molecule has 0 bridgehead atoms. The number of carboxylic acid groups (broad SMARTS) is 1. The van der Waals surface area contributed by atoms with Gasteiger partial charge in [0, 0.05) is 23.9 Å². The Morgan fingerprint density at radius 2 is 2.03 bits per heavy atom. The predicted octanol–water partition coefficient (Wildman–Crippen LogP) is 4.33. The van der Waals surface area contributed by atoms with E-state index in [9.17, 15) is 20.1 Å². The first kappa shape index (κ1) is 19.4. The molecule has 8 heteroatoms. The van der Waals surface area contributed by atoms with Gasteiger partial charge in [0.1, 0.15) is 5.75 Å². The zero-order valence-electron chi connectivity index (χ0n) is 15.7. The molecule has 0 radical (unpaired) electrons. The molecule has 0 saturated heterocycles. The van der Waals surface area contributed by atoms with Crippen molar-refractivity contribution in [2.75, 3.05) is 0 Å². The van der Waals surface area contributed by atoms with Gasteiger partial charge in [0.15, 0.2) is 4.80 Å². The summed E-state index contributed by atoms with van der Waals surface area (Å²) in [5.41, 5.74) is 2.72. The van der Waals surface area contributed by atoms with Crippen molar-refractivity contribution in [3.05, 3.63) is 75.9 Å². The highest BCUT2D eigenvalue weighted by Gasteiger charge is 2.16. The summed E-state index contributed by atoms with van der Waals surface area (Å²) in [5.74, 6) is -1.37. The molecule has 1 aromatic heterocycles. The number of aliphatic imine (C=N–C) groups is 1. The molecule has 3 aromatic rings. The maximum absolute atomic E-state index is 11.5. The molecule has 0 unspecified atom stereocenters. The van der Waals surface area contributed by atoms with Crippen molar-refractivity contribution < 1.29 is 20.1 Å². The minimum atomic E-state index is -1.21. The molecule has 0 saturated carbocycles. The third kappa shape index (κ3) is 3.56. The zero-order chi connectivity index (χ0) is 21.3. The number of para-hydroxylation sites is 1. The topological polar surface area (TPSA) is 107 Å². The number of thiazole rings is 1. The van der Waals surface area contributed by atoms with Gasteiger partial charge in [-0.2, -0.15) is 0 Å². The highest BCUT2D eigenvalue weighted by Crippen LogP contribution is 2.34. The minimum absolute atomic E-state index is 0.000385. The summed E-state index contributed by atoms with van der Waals surface area (Å²) in [6.07, 6.45) is 5.17. The van der Waals surface area contributed by atoms with Crippen LogP contribution >= 0.6 is 11.3 Å². The van der Waals surface area contributed by atoms with E-state index >= 15 is 0 Å². The fourth-order valence-electron chi connectivity index (χ4n) is 3.08. The third-order valence-electron chi connectivity index (χ3n) is 4.49. The maximum atomic E-state index is 11.5. The number of aromatic hydroxyl groups is 2. The van der Waals surface area contributed by atoms with Crippen LogP contribution in [0.3, 0.4) is 0 Å². The van der Waals surface area contributed by atoms with E-state index in [4.69, 9.17) is 0 Å². The number of allylic oxidation sites excluding steroid dienone is 2. The smallest absolute Gasteiger partial charge is 0.338 e. The van der Waals surface area contributed by atoms with Gasteiger partial charge in [0.25, 0.3) is 0 Å². The monoisotopic (exact) mass is 419 g/mol. The second kappa shape index (κ2) is 7.84. The second-order valence-corrected chi connectivity index (χ2v) is 7.47. The van der Waals surface area contributed by atoms with Crippen LogP contribution in [0.15, 0.2) is 65.1 Å². The molecule has 0 spiro atoms. The normalized spacial score (nSPS) is 14.3. The number of nitrogens with zero attached hydrogens (tertiary/aromatic N) is 3. The SMILES string of the molecule is C=CCn1c(O)c(/C=C2\C=Nc3ccccc32)sc1=Nc1ccc(O)cc1C(=O)O. The van der Waals surface area contributed by atoms with Gasteiger partial charge in [-0.1, -0.05) is 35.6 Å². The van der Waals surface area contributed by atoms with Crippen molar-refractivity contribution in [2.24, 2.45) is 9.98 Å². The summed E-state index contributed by atoms with van der Waals surface area (Å²) in [7, 11) is 0. The summed E-state index contributed by atoms with van der Waals surface area (Å²) >= 11 is 1.21. The van der Waals surface area contributed by atoms with Crippen molar-refractivity contribution >= 4 is 46.5 Å². The van der Waals surface area contributed by atoms with E-state index in [1.165, 1.54) is 23.5 Å². The summed E-state index contributed by atoms with van der Waals surface area (Å²) in [5, 5.41) is 29.8. The van der Waals surface area contributed by atoms with Crippen LogP contribution in [0.5, 0.6) is 11.6 Å². The lowest BCUT2D eigenvalue weighted by Crippen LogP contribution is -2.13. The molecular formula is C22H17N3O4S. The van der Waals surface area contributed by atoms with Crippen molar-refractivity contribution in [3.8, 4) is 11.6 Å². The number of rotatable bonds is 5. The highest BCUT2D eigenvalue weighted by molar-refractivity contribution is 7.10. The molecule has 4 rings (SSSR count). The number of phenolic OH excluding ortho intramolecular Hbond substituents is 1. The van der Waals surface area contributed by atoms with E-state index in [0.717, 1.165) is 22.9 Å². The van der Waals surface area contributed by atoms with Gasteiger partial charge in [0.2, 0.25) is 5.88 Å². The highest BCUT2D eigenvalue weighted by atomic mass is 32.1. The molecule has 0 aliphatic carbocycles. The zero-order valence-corrected chi connectivity index (χ0v) is 16.5. The van der Waals surface area contributed by atoms with Crippen LogP contribution in [0.1, 0.15) is 20.8 Å². The number of aromatic nitrogens is 1. The Labute approximate surface area is 175 Å². The number of benzene rings is 2. The largest absolute Gasteiger partial charge is 0.508 e. The van der Waals surface area contributed by atoms with Crippen molar-refractivity contribution in [1.82, 2.24) is 4.57 Å². The van der Waals surface area contributed by atoms with Crippen molar-refractivity contribution in [2.45, 2.75) is 6.54 Å². The lowest BCUT2D eigenvalue weighted by Gasteiger charge is -2.03. The first-order valence-electron chi connectivity index (χ1n) is 8.97. The maximum Gasteiger partial charge on any atom is 0.338 e. The van der Waals surface area contributed by atoms with Crippen LogP contribution in [-0.2, 0) is 6.54 Å². The number of carboxylic acids is 1. The summed E-state index contributed by atoms with van der Waals surface area (Å²) in [4.78, 5) is 21.3. The Kier molecular flexibility index (Phi) is 5.07. The summed E-state index contributed by atoms with van der Waals surface area (Å²) < 4.78 is 1.54. The van der Waals surface area contributed by atoms with Crippen LogP contribution in [-0.4, -0.2) is 32.1 Å². The van der Waals surface area contributed by atoms with E-state index in [0.29, 0.717) is 9.68 Å². The van der Waals surface area contributed by atoms with E-state index in [-0.39, 0.29) is 29.4 Å². The third-order valence-corrected chi connectivity index (χ3v) is 5.51. The molecule has 2 aromatic carbocycles. The number of aromatic carboxylic acids is 1. The van der Waals surface area contributed by atoms with Crippen LogP contribution in [0, 0.1) is 0 Å².